The number of hydrogen-bond acceptors (Lipinski definition) is 1. The van der Waals surface area contributed by atoms with E-state index in [1.54, 1.807) is 4.50 Å². The van der Waals surface area contributed by atoms with Crippen LogP contribution in [0.5, 0.6) is 0 Å². The van der Waals surface area contributed by atoms with Crippen LogP contribution in [0.25, 0.3) is 0 Å². The van der Waals surface area contributed by atoms with Gasteiger partial charge in [0.15, 0.2) is 0 Å². The SMILES string of the molecule is CC(C)[Si](c1cc[c-]s1)(C(C)C)C(C)C.[Cl-].[Cl-].[Li+].[Mg+2]. The van der Waals surface area contributed by atoms with Gasteiger partial charge in [0.05, 0.1) is 0 Å². The molecule has 1 aromatic heterocycles. The molecule has 0 aliphatic heterocycles. The standard InChI is InChI=1S/C13H23SSi.2ClH.Li.Mg/c1-10(2)15(11(3)4,12(5)6)13-8-7-9-14-13;;;;/h7-8,10-12H,1-6H3;2*1H;;/q-1;;;+1;+2/p-2. The van der Waals surface area contributed by atoms with Gasteiger partial charge >= 0.3 is 41.9 Å². The van der Waals surface area contributed by atoms with Crippen LogP contribution in [-0.4, -0.2) is 31.1 Å². The van der Waals surface area contributed by atoms with Crippen molar-refractivity contribution in [2.75, 3.05) is 0 Å². The van der Waals surface area contributed by atoms with Crippen LogP contribution in [0.2, 0.25) is 16.6 Å². The van der Waals surface area contributed by atoms with E-state index in [4.69, 9.17) is 0 Å². The number of hydrogen-bond donors (Lipinski definition) is 0. The molecule has 0 unspecified atom stereocenters. The molecule has 0 aromatic carbocycles. The van der Waals surface area contributed by atoms with E-state index in [1.165, 1.54) is 0 Å². The molecule has 0 fully saturated rings. The van der Waals surface area contributed by atoms with Crippen molar-refractivity contribution in [1.82, 2.24) is 0 Å². The quantitative estimate of drug-likeness (QED) is 0.380. The first-order chi connectivity index (χ1) is 6.94. The molecule has 0 saturated carbocycles. The average molecular weight is 342 g/mol. The summed E-state index contributed by atoms with van der Waals surface area (Å²) in [6, 6.07) is 4.41. The first-order valence-electron chi connectivity index (χ1n) is 5.90. The van der Waals surface area contributed by atoms with Crippen LogP contribution in [0.3, 0.4) is 0 Å². The van der Waals surface area contributed by atoms with Gasteiger partial charge in [-0.1, -0.05) is 58.2 Å². The topological polar surface area (TPSA) is 0 Å². The fourth-order valence-corrected chi connectivity index (χ4v) is 12.8. The summed E-state index contributed by atoms with van der Waals surface area (Å²) in [6.45, 7) is 14.5. The third-order valence-electron chi connectivity index (χ3n) is 3.76. The van der Waals surface area contributed by atoms with Crippen LogP contribution < -0.4 is 48.2 Å². The van der Waals surface area contributed by atoms with Crippen LogP contribution >= 0.6 is 11.3 Å². The van der Waals surface area contributed by atoms with Crippen molar-refractivity contribution in [3.05, 3.63) is 17.5 Å². The van der Waals surface area contributed by atoms with E-state index in [9.17, 15) is 0 Å². The maximum absolute atomic E-state index is 3.28. The second kappa shape index (κ2) is 12.4. The zero-order chi connectivity index (χ0) is 11.6. The van der Waals surface area contributed by atoms with E-state index in [-0.39, 0.29) is 66.7 Å². The van der Waals surface area contributed by atoms with Gasteiger partial charge in [-0.05, 0) is 0 Å². The van der Waals surface area contributed by atoms with Crippen molar-refractivity contribution in [3.8, 4) is 0 Å². The Labute approximate surface area is 165 Å². The van der Waals surface area contributed by atoms with Gasteiger partial charge in [0, 0.05) is 8.07 Å². The Balaban J connectivity index is -0.000000281. The first kappa shape index (κ1) is 28.9. The molecule has 0 radical (unpaired) electrons. The Hall–Kier alpha value is 1.86. The molecule has 0 saturated heterocycles. The van der Waals surface area contributed by atoms with E-state index in [0.29, 0.717) is 0 Å². The van der Waals surface area contributed by atoms with Gasteiger partial charge in [0.25, 0.3) is 0 Å². The number of halogens is 2. The maximum Gasteiger partial charge on any atom is 2.00 e. The largest absolute Gasteiger partial charge is 2.00 e. The van der Waals surface area contributed by atoms with Gasteiger partial charge < -0.3 is 36.2 Å². The summed E-state index contributed by atoms with van der Waals surface area (Å²) in [5.41, 5.74) is 2.43. The van der Waals surface area contributed by atoms with Crippen molar-refractivity contribution in [1.29, 1.82) is 0 Å². The Morgan fingerprint density at radius 3 is 1.53 bits per heavy atom. The van der Waals surface area contributed by atoms with Crippen LogP contribution in [0.1, 0.15) is 41.5 Å². The van der Waals surface area contributed by atoms with E-state index < -0.39 is 8.07 Å². The first-order valence-corrected chi connectivity index (χ1v) is 8.95. The molecular weight excluding hydrogens is 318 g/mol. The maximum atomic E-state index is 3.28. The Kier molecular flexibility index (Phi) is 18.9. The molecule has 0 aliphatic rings. The summed E-state index contributed by atoms with van der Waals surface area (Å²) in [5, 5.41) is 3.28. The summed E-state index contributed by atoms with van der Waals surface area (Å²) < 4.78 is 1.64. The van der Waals surface area contributed by atoms with Gasteiger partial charge in [-0.2, -0.15) is 6.07 Å². The third-order valence-corrected chi connectivity index (χ3v) is 12.5. The Bertz CT molecular complexity index is 284. The van der Waals surface area contributed by atoms with Gasteiger partial charge in [-0.25, -0.2) is 6.07 Å². The molecule has 102 valence electrons. The van der Waals surface area contributed by atoms with Crippen LogP contribution in [0.4, 0.5) is 0 Å². The molecule has 0 spiro atoms. The minimum atomic E-state index is -1.36. The monoisotopic (exact) mass is 340 g/mol. The minimum Gasteiger partial charge on any atom is -1.00 e. The molecule has 19 heavy (non-hydrogen) atoms. The molecule has 0 atom stereocenters. The van der Waals surface area contributed by atoms with E-state index in [0.717, 1.165) is 16.6 Å². The summed E-state index contributed by atoms with van der Waals surface area (Å²) in [7, 11) is -1.36. The van der Waals surface area contributed by atoms with Crippen molar-refractivity contribution in [3.63, 3.8) is 0 Å². The molecule has 6 heteroatoms. The molecule has 0 nitrogen and oxygen atoms in total. The average Bonchev–Trinajstić information content (AvgIpc) is 2.55. The van der Waals surface area contributed by atoms with Crippen LogP contribution in [0, 0.1) is 5.38 Å². The predicted molar refractivity (Wildman–Crippen MR) is 79.6 cm³/mol. The third kappa shape index (κ3) is 5.87. The van der Waals surface area contributed by atoms with E-state index in [1.807, 2.05) is 11.3 Å². The molecule has 0 aliphatic carbocycles. The Morgan fingerprint density at radius 2 is 1.32 bits per heavy atom. The Morgan fingerprint density at radius 1 is 0.947 bits per heavy atom. The van der Waals surface area contributed by atoms with Gasteiger partial charge in [-0.3, -0.25) is 0 Å². The summed E-state index contributed by atoms with van der Waals surface area (Å²) >= 11 is 1.85. The predicted octanol–water partition coefficient (Wildman–Crippen LogP) is -4.93. The van der Waals surface area contributed by atoms with E-state index >= 15 is 0 Å². The number of rotatable bonds is 4. The molecule has 1 aromatic rings. The molecule has 0 amide bonds. The molecule has 1 rings (SSSR count). The van der Waals surface area contributed by atoms with Crippen LogP contribution in [0.15, 0.2) is 12.1 Å². The fourth-order valence-electron chi connectivity index (χ4n) is 3.33. The molecule has 0 bridgehead atoms. The minimum absolute atomic E-state index is 0. The second-order valence-electron chi connectivity index (χ2n) is 5.31. The smallest absolute Gasteiger partial charge is 1.00 e. The fraction of sp³-hybridized carbons (Fsp3) is 0.692. The molecular formula is C13H23Cl2LiMgSSi. The zero-order valence-electron chi connectivity index (χ0n) is 13.3. The summed E-state index contributed by atoms with van der Waals surface area (Å²) in [4.78, 5) is 0. The van der Waals surface area contributed by atoms with Gasteiger partial charge in [-0.15, -0.1) is 9.88 Å². The van der Waals surface area contributed by atoms with Crippen molar-refractivity contribution in [2.24, 2.45) is 0 Å². The van der Waals surface area contributed by atoms with Gasteiger partial charge in [0.2, 0.25) is 0 Å². The van der Waals surface area contributed by atoms with Crippen LogP contribution in [-0.2, 0) is 0 Å². The number of thiophene rings is 1. The molecule has 0 N–H and O–H groups in total. The second-order valence-corrected chi connectivity index (χ2v) is 12.4. The summed E-state index contributed by atoms with van der Waals surface area (Å²) in [6.07, 6.45) is 0. The van der Waals surface area contributed by atoms with Crippen molar-refractivity contribution < 1.29 is 43.7 Å². The van der Waals surface area contributed by atoms with E-state index in [2.05, 4.69) is 59.1 Å². The normalized spacial score (nSPS) is 10.4. The van der Waals surface area contributed by atoms with Crippen molar-refractivity contribution in [2.45, 2.75) is 58.2 Å². The summed E-state index contributed by atoms with van der Waals surface area (Å²) in [5.74, 6) is 0. The van der Waals surface area contributed by atoms with Gasteiger partial charge in [0.1, 0.15) is 0 Å². The molecule has 1 heterocycles. The van der Waals surface area contributed by atoms with Crippen molar-refractivity contribution >= 4 is 47.0 Å². The zero-order valence-corrected chi connectivity index (χ0v) is 18.0.